The summed E-state index contributed by atoms with van der Waals surface area (Å²) in [6, 6.07) is 0. The second-order valence-electron chi connectivity index (χ2n) is 5.05. The SMILES string of the molecule is O=C(CN1CCOC1=O)Nc1cnc(N2CCCC2)nc1. The topological polar surface area (TPSA) is 87.7 Å². The highest BCUT2D eigenvalue weighted by Gasteiger charge is 2.24. The Bertz CT molecular complexity index is 527. The zero-order valence-corrected chi connectivity index (χ0v) is 11.6. The summed E-state index contributed by atoms with van der Waals surface area (Å²) in [5.41, 5.74) is 0.524. The monoisotopic (exact) mass is 291 g/mol. The van der Waals surface area contributed by atoms with Gasteiger partial charge >= 0.3 is 6.09 Å². The van der Waals surface area contributed by atoms with Crippen LogP contribution in [0.2, 0.25) is 0 Å². The molecule has 3 heterocycles. The van der Waals surface area contributed by atoms with E-state index in [1.165, 1.54) is 4.90 Å². The van der Waals surface area contributed by atoms with Gasteiger partial charge in [0.2, 0.25) is 11.9 Å². The number of cyclic esters (lactones) is 1. The van der Waals surface area contributed by atoms with Crippen LogP contribution in [-0.4, -0.2) is 59.7 Å². The molecule has 0 aromatic carbocycles. The van der Waals surface area contributed by atoms with Crippen LogP contribution in [0.25, 0.3) is 0 Å². The first-order valence-corrected chi connectivity index (χ1v) is 7.01. The largest absolute Gasteiger partial charge is 0.448 e. The Labute approximate surface area is 122 Å². The lowest BCUT2D eigenvalue weighted by atomic mass is 10.4. The average Bonchev–Trinajstić information content (AvgIpc) is 3.12. The number of rotatable bonds is 4. The standard InChI is InChI=1S/C13H17N5O3/c19-11(9-18-5-6-21-13(18)20)16-10-7-14-12(15-8-10)17-3-1-2-4-17/h7-8H,1-6,9H2,(H,16,19). The van der Waals surface area contributed by atoms with Crippen LogP contribution in [0.15, 0.2) is 12.4 Å². The third-order valence-corrected chi connectivity index (χ3v) is 3.49. The van der Waals surface area contributed by atoms with Gasteiger partial charge in [0.05, 0.1) is 24.6 Å². The Morgan fingerprint density at radius 3 is 2.57 bits per heavy atom. The molecule has 0 aliphatic carbocycles. The molecule has 0 unspecified atom stereocenters. The quantitative estimate of drug-likeness (QED) is 0.867. The number of amides is 2. The van der Waals surface area contributed by atoms with Crippen molar-refractivity contribution in [3.63, 3.8) is 0 Å². The van der Waals surface area contributed by atoms with Gasteiger partial charge < -0.3 is 15.0 Å². The van der Waals surface area contributed by atoms with Crippen LogP contribution in [-0.2, 0) is 9.53 Å². The van der Waals surface area contributed by atoms with Crippen LogP contribution in [0.3, 0.4) is 0 Å². The highest BCUT2D eigenvalue weighted by atomic mass is 16.6. The number of anilines is 2. The molecule has 112 valence electrons. The second-order valence-corrected chi connectivity index (χ2v) is 5.05. The van der Waals surface area contributed by atoms with Crippen LogP contribution in [0.1, 0.15) is 12.8 Å². The summed E-state index contributed by atoms with van der Waals surface area (Å²) in [6.07, 6.45) is 5.04. The van der Waals surface area contributed by atoms with Crippen molar-refractivity contribution in [1.29, 1.82) is 0 Å². The van der Waals surface area contributed by atoms with E-state index in [4.69, 9.17) is 4.74 Å². The molecule has 0 radical (unpaired) electrons. The van der Waals surface area contributed by atoms with Crippen molar-refractivity contribution in [2.45, 2.75) is 12.8 Å². The minimum Gasteiger partial charge on any atom is -0.448 e. The van der Waals surface area contributed by atoms with Crippen molar-refractivity contribution in [2.24, 2.45) is 0 Å². The van der Waals surface area contributed by atoms with Crippen LogP contribution in [0, 0.1) is 0 Å². The fourth-order valence-electron chi connectivity index (χ4n) is 2.41. The normalized spacial score (nSPS) is 18.0. The summed E-state index contributed by atoms with van der Waals surface area (Å²) >= 11 is 0. The van der Waals surface area contributed by atoms with Gasteiger partial charge in [0, 0.05) is 13.1 Å². The van der Waals surface area contributed by atoms with Crippen molar-refractivity contribution in [3.8, 4) is 0 Å². The van der Waals surface area contributed by atoms with Gasteiger partial charge in [0.1, 0.15) is 13.2 Å². The number of carbonyl (C=O) groups is 2. The van der Waals surface area contributed by atoms with Gasteiger partial charge in [-0.2, -0.15) is 0 Å². The maximum atomic E-state index is 11.8. The number of ether oxygens (including phenoxy) is 1. The number of aromatic nitrogens is 2. The maximum Gasteiger partial charge on any atom is 0.410 e. The minimum atomic E-state index is -0.453. The molecule has 2 aliphatic heterocycles. The smallest absolute Gasteiger partial charge is 0.410 e. The Morgan fingerprint density at radius 1 is 1.24 bits per heavy atom. The minimum absolute atomic E-state index is 0.0211. The molecule has 0 saturated carbocycles. The summed E-state index contributed by atoms with van der Waals surface area (Å²) in [5, 5.41) is 2.68. The lowest BCUT2D eigenvalue weighted by Crippen LogP contribution is -2.33. The van der Waals surface area contributed by atoms with E-state index >= 15 is 0 Å². The van der Waals surface area contributed by atoms with Crippen LogP contribution < -0.4 is 10.2 Å². The van der Waals surface area contributed by atoms with Crippen LogP contribution in [0.5, 0.6) is 0 Å². The molecule has 21 heavy (non-hydrogen) atoms. The highest BCUT2D eigenvalue weighted by Crippen LogP contribution is 2.16. The summed E-state index contributed by atoms with van der Waals surface area (Å²) in [5.74, 6) is 0.403. The number of carbonyl (C=O) groups excluding carboxylic acids is 2. The van der Waals surface area contributed by atoms with Crippen molar-refractivity contribution >= 4 is 23.6 Å². The summed E-state index contributed by atoms with van der Waals surface area (Å²) < 4.78 is 4.77. The van der Waals surface area contributed by atoms with Crippen molar-refractivity contribution in [1.82, 2.24) is 14.9 Å². The molecule has 2 amide bonds. The van der Waals surface area contributed by atoms with Gasteiger partial charge in [-0.15, -0.1) is 0 Å². The molecule has 1 aromatic heterocycles. The molecule has 2 fully saturated rings. The van der Waals surface area contributed by atoms with E-state index in [-0.39, 0.29) is 12.5 Å². The zero-order valence-electron chi connectivity index (χ0n) is 11.6. The number of hydrogen-bond acceptors (Lipinski definition) is 6. The van der Waals surface area contributed by atoms with Gasteiger partial charge in [-0.1, -0.05) is 0 Å². The number of nitrogens with one attached hydrogen (secondary N) is 1. The van der Waals surface area contributed by atoms with Gasteiger partial charge in [-0.3, -0.25) is 9.69 Å². The Kier molecular flexibility index (Phi) is 3.85. The highest BCUT2D eigenvalue weighted by molar-refractivity contribution is 5.93. The van der Waals surface area contributed by atoms with E-state index in [9.17, 15) is 9.59 Å². The van der Waals surface area contributed by atoms with Crippen molar-refractivity contribution in [2.75, 3.05) is 43.0 Å². The average molecular weight is 291 g/mol. The lowest BCUT2D eigenvalue weighted by molar-refractivity contribution is -0.116. The predicted octanol–water partition coefficient (Wildman–Crippen LogP) is 0.467. The summed E-state index contributed by atoms with van der Waals surface area (Å²) in [4.78, 5) is 35.1. The van der Waals surface area contributed by atoms with E-state index in [0.717, 1.165) is 25.9 Å². The molecule has 1 N–H and O–H groups in total. The first kappa shape index (κ1) is 13.6. The first-order valence-electron chi connectivity index (χ1n) is 7.01. The number of hydrogen-bond donors (Lipinski definition) is 1. The van der Waals surface area contributed by atoms with Crippen molar-refractivity contribution < 1.29 is 14.3 Å². The van der Waals surface area contributed by atoms with Gasteiger partial charge in [0.15, 0.2) is 0 Å². The van der Waals surface area contributed by atoms with E-state index in [1.807, 2.05) is 0 Å². The Balaban J connectivity index is 1.54. The van der Waals surface area contributed by atoms with E-state index in [1.54, 1.807) is 12.4 Å². The van der Waals surface area contributed by atoms with E-state index in [2.05, 4.69) is 20.2 Å². The molecule has 3 rings (SSSR count). The molecule has 0 spiro atoms. The molecule has 2 aliphatic rings. The number of nitrogens with zero attached hydrogens (tertiary/aromatic N) is 4. The fourth-order valence-corrected chi connectivity index (χ4v) is 2.41. The third kappa shape index (κ3) is 3.21. The first-order chi connectivity index (χ1) is 10.2. The van der Waals surface area contributed by atoms with Crippen molar-refractivity contribution in [3.05, 3.63) is 12.4 Å². The van der Waals surface area contributed by atoms with E-state index < -0.39 is 6.09 Å². The maximum absolute atomic E-state index is 11.8. The molecule has 0 atom stereocenters. The molecule has 8 nitrogen and oxygen atoms in total. The zero-order chi connectivity index (χ0) is 14.7. The van der Waals surface area contributed by atoms with Gasteiger partial charge in [-0.05, 0) is 12.8 Å². The molecular formula is C13H17N5O3. The Hall–Kier alpha value is -2.38. The lowest BCUT2D eigenvalue weighted by Gasteiger charge is -2.15. The summed E-state index contributed by atoms with van der Waals surface area (Å²) in [7, 11) is 0. The molecule has 0 bridgehead atoms. The molecular weight excluding hydrogens is 274 g/mol. The van der Waals surface area contributed by atoms with Gasteiger partial charge in [-0.25, -0.2) is 14.8 Å². The van der Waals surface area contributed by atoms with Crippen LogP contribution in [0.4, 0.5) is 16.4 Å². The fraction of sp³-hybridized carbons (Fsp3) is 0.538. The molecule has 8 heteroatoms. The van der Waals surface area contributed by atoms with E-state index in [0.29, 0.717) is 24.8 Å². The predicted molar refractivity (Wildman–Crippen MR) is 75.0 cm³/mol. The third-order valence-electron chi connectivity index (χ3n) is 3.49. The van der Waals surface area contributed by atoms with Crippen LogP contribution >= 0.6 is 0 Å². The Morgan fingerprint density at radius 2 is 1.95 bits per heavy atom. The molecule has 1 aromatic rings. The summed E-state index contributed by atoms with van der Waals surface area (Å²) in [6.45, 7) is 2.70. The second kappa shape index (κ2) is 5.94. The molecule has 2 saturated heterocycles. The van der Waals surface area contributed by atoms with Gasteiger partial charge in [0.25, 0.3) is 0 Å².